The highest BCUT2D eigenvalue weighted by Crippen LogP contribution is 2.28. The normalized spacial score (nSPS) is 17.2. The molecule has 0 aromatic heterocycles. The summed E-state index contributed by atoms with van der Waals surface area (Å²) in [6.45, 7) is 9.86. The zero-order valence-electron chi connectivity index (χ0n) is 37.5. The summed E-state index contributed by atoms with van der Waals surface area (Å²) >= 11 is 0. The van der Waals surface area contributed by atoms with Gasteiger partial charge >= 0.3 is 5.97 Å². The Kier molecular flexibility index (Phi) is 28.7. The number of nitrogens with zero attached hydrogens (tertiary/aromatic N) is 1. The average Bonchev–Trinajstić information content (AvgIpc) is 3.16. The van der Waals surface area contributed by atoms with Crippen molar-refractivity contribution >= 4 is 41.5 Å². The number of carboxylic acid groups (broad SMARTS) is 1. The van der Waals surface area contributed by atoms with Crippen LogP contribution in [0, 0.1) is 11.8 Å². The number of rotatable bonds is 33. The molecule has 346 valence electrons. The number of guanidine groups is 1. The SMILES string of the molecule is CCCCCCCCCCCCCCCC(=O)N[C@@H](CC(=O)O)C(=O)N[C@@H](CCCN=C(N)N)C(=O)N[C@@H](CC1CCC(O)CC1)C(=O)N[C@@H](CC(C)C)C(=O)NC(C)C. The number of hydrogen-bond acceptors (Lipinski definition) is 8. The van der Waals surface area contributed by atoms with Gasteiger partial charge in [0.2, 0.25) is 29.5 Å². The van der Waals surface area contributed by atoms with Gasteiger partial charge in [0.25, 0.3) is 0 Å². The molecule has 60 heavy (non-hydrogen) atoms. The van der Waals surface area contributed by atoms with Crippen LogP contribution in [0.4, 0.5) is 0 Å². The molecule has 0 bridgehead atoms. The Balaban J connectivity index is 3.04. The van der Waals surface area contributed by atoms with E-state index in [-0.39, 0.29) is 62.0 Å². The highest BCUT2D eigenvalue weighted by atomic mass is 16.4. The number of carbonyl (C=O) groups excluding carboxylic acids is 5. The van der Waals surface area contributed by atoms with Crippen LogP contribution in [0.5, 0.6) is 0 Å². The first-order valence-corrected chi connectivity index (χ1v) is 23.0. The summed E-state index contributed by atoms with van der Waals surface area (Å²) in [6.07, 6.45) is 17.2. The van der Waals surface area contributed by atoms with Crippen LogP contribution in [0.3, 0.4) is 0 Å². The molecule has 1 aliphatic carbocycles. The average molecular weight is 851 g/mol. The van der Waals surface area contributed by atoms with Crippen molar-refractivity contribution in [2.45, 2.75) is 219 Å². The molecule has 1 rings (SSSR count). The van der Waals surface area contributed by atoms with Crippen LogP contribution in [-0.2, 0) is 28.8 Å². The molecule has 0 unspecified atom stereocenters. The van der Waals surface area contributed by atoms with Crippen LogP contribution in [-0.4, -0.2) is 94.5 Å². The second kappa shape index (κ2) is 31.9. The Morgan fingerprint density at radius 2 is 1.10 bits per heavy atom. The van der Waals surface area contributed by atoms with Gasteiger partial charge in [0, 0.05) is 19.0 Å². The van der Waals surface area contributed by atoms with E-state index >= 15 is 0 Å². The molecule has 16 nitrogen and oxygen atoms in total. The summed E-state index contributed by atoms with van der Waals surface area (Å²) < 4.78 is 0. The molecule has 1 aliphatic rings. The highest BCUT2D eigenvalue weighted by Gasteiger charge is 2.34. The van der Waals surface area contributed by atoms with E-state index in [2.05, 4.69) is 38.5 Å². The van der Waals surface area contributed by atoms with E-state index < -0.39 is 66.3 Å². The van der Waals surface area contributed by atoms with Crippen molar-refractivity contribution in [3.63, 3.8) is 0 Å². The van der Waals surface area contributed by atoms with E-state index in [1.807, 2.05) is 27.7 Å². The lowest BCUT2D eigenvalue weighted by molar-refractivity contribution is -0.141. The first-order valence-electron chi connectivity index (χ1n) is 23.0. The lowest BCUT2D eigenvalue weighted by Crippen LogP contribution is -2.59. The van der Waals surface area contributed by atoms with Crippen molar-refractivity contribution in [2.75, 3.05) is 6.54 Å². The first-order chi connectivity index (χ1) is 28.5. The molecule has 0 aliphatic heterocycles. The molecule has 1 saturated carbocycles. The monoisotopic (exact) mass is 851 g/mol. The van der Waals surface area contributed by atoms with Crippen LogP contribution < -0.4 is 38.1 Å². The van der Waals surface area contributed by atoms with Gasteiger partial charge in [0.05, 0.1) is 12.5 Å². The van der Waals surface area contributed by atoms with E-state index in [0.29, 0.717) is 38.5 Å². The fraction of sp³-hybridized carbons (Fsp3) is 0.841. The summed E-state index contributed by atoms with van der Waals surface area (Å²) in [6, 6.07) is -4.81. The van der Waals surface area contributed by atoms with E-state index in [9.17, 15) is 39.0 Å². The van der Waals surface area contributed by atoms with Gasteiger partial charge in [-0.25, -0.2) is 0 Å². The van der Waals surface area contributed by atoms with Crippen molar-refractivity contribution in [2.24, 2.45) is 28.3 Å². The second-order valence-corrected chi connectivity index (χ2v) is 17.5. The molecule has 0 aromatic rings. The largest absolute Gasteiger partial charge is 0.481 e. The molecule has 0 heterocycles. The molecule has 5 amide bonds. The zero-order chi connectivity index (χ0) is 44.9. The number of aliphatic hydroxyl groups is 1. The lowest BCUT2D eigenvalue weighted by Gasteiger charge is -2.31. The molecule has 1 fully saturated rings. The first kappa shape index (κ1) is 54.1. The van der Waals surface area contributed by atoms with Gasteiger partial charge in [-0.15, -0.1) is 0 Å². The van der Waals surface area contributed by atoms with Crippen LogP contribution in [0.2, 0.25) is 0 Å². The van der Waals surface area contributed by atoms with Gasteiger partial charge in [0.15, 0.2) is 5.96 Å². The van der Waals surface area contributed by atoms with Crippen LogP contribution >= 0.6 is 0 Å². The third kappa shape index (κ3) is 26.3. The maximum absolute atomic E-state index is 14.1. The summed E-state index contributed by atoms with van der Waals surface area (Å²) in [5.74, 6) is -4.32. The van der Waals surface area contributed by atoms with Crippen molar-refractivity contribution in [3.05, 3.63) is 0 Å². The number of unbranched alkanes of at least 4 members (excludes halogenated alkanes) is 12. The molecule has 4 atom stereocenters. The summed E-state index contributed by atoms with van der Waals surface area (Å²) in [5.41, 5.74) is 11.0. The Bertz CT molecular complexity index is 1300. The summed E-state index contributed by atoms with van der Waals surface area (Å²) in [7, 11) is 0. The van der Waals surface area contributed by atoms with E-state index in [1.165, 1.54) is 51.4 Å². The Morgan fingerprint density at radius 1 is 0.617 bits per heavy atom. The van der Waals surface area contributed by atoms with Gasteiger partial charge in [-0.3, -0.25) is 33.8 Å². The molecule has 0 spiro atoms. The number of carbonyl (C=O) groups is 6. The number of nitrogens with two attached hydrogens (primary N) is 2. The summed E-state index contributed by atoms with van der Waals surface area (Å²) in [5, 5.41) is 33.4. The second-order valence-electron chi connectivity index (χ2n) is 17.5. The number of amides is 5. The quantitative estimate of drug-likeness (QED) is 0.0254. The van der Waals surface area contributed by atoms with Crippen molar-refractivity contribution in [1.82, 2.24) is 26.6 Å². The number of aliphatic carboxylic acids is 1. The van der Waals surface area contributed by atoms with Crippen LogP contribution in [0.1, 0.15) is 182 Å². The van der Waals surface area contributed by atoms with Gasteiger partial charge < -0.3 is 48.3 Å². The van der Waals surface area contributed by atoms with Crippen molar-refractivity contribution in [1.29, 1.82) is 0 Å². The Morgan fingerprint density at radius 3 is 1.62 bits per heavy atom. The number of aliphatic hydroxyl groups excluding tert-OH is 1. The maximum atomic E-state index is 14.1. The standard InChI is InChI=1S/C44H82N8O8/c1-6-7-8-9-10-11-12-13-14-15-16-17-18-21-38(54)49-37(29-39(55)56)43(60)50-34(20-19-26-47-44(45)46)40(57)52-36(28-32-22-24-33(53)25-23-32)42(59)51-35(27-30(2)3)41(58)48-31(4)5/h30-37,53H,6-29H2,1-5H3,(H,48,58)(H,49,54)(H,50,60)(H,51,59)(H,52,57)(H,55,56)(H4,45,46,47)/t32?,33?,34-,35-,36-,37-/m0/s1. The fourth-order valence-electron chi connectivity index (χ4n) is 7.58. The predicted octanol–water partition coefficient (Wildman–Crippen LogP) is 4.45. The number of carboxylic acids is 1. The van der Waals surface area contributed by atoms with Crippen LogP contribution in [0.15, 0.2) is 4.99 Å². The molecule has 16 heteroatoms. The van der Waals surface area contributed by atoms with Gasteiger partial charge in [0.1, 0.15) is 24.2 Å². The van der Waals surface area contributed by atoms with E-state index in [0.717, 1.165) is 25.7 Å². The topological polar surface area (TPSA) is 267 Å². The van der Waals surface area contributed by atoms with Crippen molar-refractivity contribution < 1.29 is 39.0 Å². The smallest absolute Gasteiger partial charge is 0.305 e. The van der Waals surface area contributed by atoms with Gasteiger partial charge in [-0.1, -0.05) is 97.8 Å². The molecular weight excluding hydrogens is 769 g/mol. The van der Waals surface area contributed by atoms with E-state index in [1.54, 1.807) is 0 Å². The third-order valence-electron chi connectivity index (χ3n) is 10.9. The minimum Gasteiger partial charge on any atom is -0.481 e. The van der Waals surface area contributed by atoms with Gasteiger partial charge in [-0.2, -0.15) is 0 Å². The minimum atomic E-state index is -1.45. The van der Waals surface area contributed by atoms with Gasteiger partial charge in [-0.05, 0) is 83.5 Å². The number of hydrogen-bond donors (Lipinski definition) is 9. The molecular formula is C44H82N8O8. The third-order valence-corrected chi connectivity index (χ3v) is 10.9. The maximum Gasteiger partial charge on any atom is 0.305 e. The molecule has 0 aromatic carbocycles. The highest BCUT2D eigenvalue weighted by molar-refractivity contribution is 5.96. The molecule has 0 radical (unpaired) electrons. The predicted molar refractivity (Wildman–Crippen MR) is 236 cm³/mol. The lowest BCUT2D eigenvalue weighted by atomic mass is 9.83. The Labute approximate surface area is 359 Å². The number of aliphatic imine (C=N–C) groups is 1. The minimum absolute atomic E-state index is 0.00235. The van der Waals surface area contributed by atoms with Crippen LogP contribution in [0.25, 0.3) is 0 Å². The number of nitrogens with one attached hydrogen (secondary N) is 5. The molecule has 11 N–H and O–H groups in total. The Hall–Kier alpha value is -3.95. The molecule has 0 saturated heterocycles. The zero-order valence-corrected chi connectivity index (χ0v) is 37.5. The van der Waals surface area contributed by atoms with Crippen molar-refractivity contribution in [3.8, 4) is 0 Å². The van der Waals surface area contributed by atoms with E-state index in [4.69, 9.17) is 11.5 Å². The summed E-state index contributed by atoms with van der Waals surface area (Å²) in [4.78, 5) is 83.5. The fourth-order valence-corrected chi connectivity index (χ4v) is 7.58.